The smallest absolute Gasteiger partial charge is 0.233 e. The molecule has 2 fully saturated rings. The number of thioether (sulfide) groups is 1. The van der Waals surface area contributed by atoms with Crippen LogP contribution in [0.15, 0.2) is 29.2 Å². The number of hydrogen-bond acceptors (Lipinski definition) is 6. The zero-order valence-corrected chi connectivity index (χ0v) is 16.7. The van der Waals surface area contributed by atoms with E-state index in [1.807, 2.05) is 36.1 Å². The zero-order valence-electron chi connectivity index (χ0n) is 15.1. The summed E-state index contributed by atoms with van der Waals surface area (Å²) in [5.74, 6) is 1.98. The van der Waals surface area contributed by atoms with E-state index in [9.17, 15) is 13.2 Å². The van der Waals surface area contributed by atoms with Crippen molar-refractivity contribution in [3.8, 4) is 5.75 Å². The van der Waals surface area contributed by atoms with Crippen molar-refractivity contribution in [1.29, 1.82) is 0 Å². The van der Waals surface area contributed by atoms with Crippen LogP contribution in [0.4, 0.5) is 0 Å². The summed E-state index contributed by atoms with van der Waals surface area (Å²) in [6.07, 6.45) is 0.726. The molecule has 8 heteroatoms. The maximum Gasteiger partial charge on any atom is 0.233 e. The topological polar surface area (TPSA) is 66.9 Å². The van der Waals surface area contributed by atoms with Crippen molar-refractivity contribution >= 4 is 27.5 Å². The number of carbonyl (C=O) groups is 1. The minimum atomic E-state index is -2.86. The summed E-state index contributed by atoms with van der Waals surface area (Å²) >= 11 is 1.54. The standard InChI is InChI=1S/C18H26N2O4S2/c1-2-24-16-3-5-17(6-4-16)25-13-18(21)20-10-8-19(9-11-20)15-7-12-26(22,23)14-15/h3-6,15H,2,7-14H2,1H3/t15-/m0/s1. The number of benzene rings is 1. The van der Waals surface area contributed by atoms with Gasteiger partial charge in [-0.3, -0.25) is 9.69 Å². The summed E-state index contributed by atoms with van der Waals surface area (Å²) in [6.45, 7) is 5.48. The SMILES string of the molecule is CCOc1ccc(SCC(=O)N2CCN([C@H]3CCS(=O)(=O)C3)CC2)cc1. The molecule has 6 nitrogen and oxygen atoms in total. The van der Waals surface area contributed by atoms with Crippen LogP contribution in [0.3, 0.4) is 0 Å². The number of sulfone groups is 1. The van der Waals surface area contributed by atoms with Crippen molar-refractivity contribution < 1.29 is 17.9 Å². The van der Waals surface area contributed by atoms with Gasteiger partial charge in [-0.2, -0.15) is 0 Å². The average Bonchev–Trinajstić information content (AvgIpc) is 3.01. The molecule has 2 aliphatic rings. The van der Waals surface area contributed by atoms with Crippen LogP contribution in [-0.2, 0) is 14.6 Å². The normalized spacial score (nSPS) is 23.1. The second-order valence-corrected chi connectivity index (χ2v) is 9.94. The molecule has 0 bridgehead atoms. The second-order valence-electron chi connectivity index (χ2n) is 6.67. The summed E-state index contributed by atoms with van der Waals surface area (Å²) < 4.78 is 28.7. The van der Waals surface area contributed by atoms with Crippen molar-refractivity contribution in [3.63, 3.8) is 0 Å². The van der Waals surface area contributed by atoms with Gasteiger partial charge in [-0.1, -0.05) is 0 Å². The molecule has 1 aromatic carbocycles. The van der Waals surface area contributed by atoms with Gasteiger partial charge in [0.05, 0.1) is 23.9 Å². The Labute approximate surface area is 159 Å². The van der Waals surface area contributed by atoms with Gasteiger partial charge in [0.15, 0.2) is 9.84 Å². The highest BCUT2D eigenvalue weighted by atomic mass is 32.2. The van der Waals surface area contributed by atoms with Gasteiger partial charge in [-0.25, -0.2) is 8.42 Å². The predicted molar refractivity (Wildman–Crippen MR) is 104 cm³/mol. The van der Waals surface area contributed by atoms with E-state index in [0.29, 0.717) is 31.2 Å². The number of rotatable bonds is 6. The van der Waals surface area contributed by atoms with Gasteiger partial charge >= 0.3 is 0 Å². The molecule has 0 aliphatic carbocycles. The van der Waals surface area contributed by atoms with E-state index >= 15 is 0 Å². The molecule has 0 unspecified atom stereocenters. The molecule has 2 heterocycles. The van der Waals surface area contributed by atoms with Crippen molar-refractivity contribution in [2.45, 2.75) is 24.3 Å². The molecule has 0 aromatic heterocycles. The maximum atomic E-state index is 12.4. The van der Waals surface area contributed by atoms with Crippen LogP contribution in [0.5, 0.6) is 5.75 Å². The Kier molecular flexibility index (Phi) is 6.47. The highest BCUT2D eigenvalue weighted by Gasteiger charge is 2.34. The van der Waals surface area contributed by atoms with Crippen molar-refractivity contribution in [1.82, 2.24) is 9.80 Å². The lowest BCUT2D eigenvalue weighted by atomic mass is 10.2. The Morgan fingerprint density at radius 2 is 1.88 bits per heavy atom. The van der Waals surface area contributed by atoms with Gasteiger partial charge in [0, 0.05) is 37.1 Å². The van der Waals surface area contributed by atoms with Gasteiger partial charge in [-0.05, 0) is 37.6 Å². The van der Waals surface area contributed by atoms with E-state index in [0.717, 1.165) is 30.2 Å². The Bertz CT molecular complexity index is 713. The van der Waals surface area contributed by atoms with Crippen LogP contribution in [0.25, 0.3) is 0 Å². The van der Waals surface area contributed by atoms with E-state index in [1.165, 1.54) is 11.8 Å². The number of piperazine rings is 1. The minimum absolute atomic E-state index is 0.135. The first-order valence-electron chi connectivity index (χ1n) is 9.05. The Hall–Kier alpha value is -1.25. The summed E-state index contributed by atoms with van der Waals surface area (Å²) in [5, 5.41) is 0. The summed E-state index contributed by atoms with van der Waals surface area (Å²) in [4.78, 5) is 17.6. The third-order valence-electron chi connectivity index (χ3n) is 4.89. The summed E-state index contributed by atoms with van der Waals surface area (Å²) in [6, 6.07) is 7.92. The molecule has 1 aromatic rings. The average molecular weight is 399 g/mol. The molecule has 1 atom stereocenters. The quantitative estimate of drug-likeness (QED) is 0.677. The predicted octanol–water partition coefficient (Wildman–Crippen LogP) is 1.51. The molecule has 2 saturated heterocycles. The molecular formula is C18H26N2O4S2. The van der Waals surface area contributed by atoms with E-state index < -0.39 is 9.84 Å². The molecule has 2 aliphatic heterocycles. The van der Waals surface area contributed by atoms with Gasteiger partial charge in [0.25, 0.3) is 0 Å². The summed E-state index contributed by atoms with van der Waals surface area (Å²) in [7, 11) is -2.86. The number of hydrogen-bond donors (Lipinski definition) is 0. The van der Waals surface area contributed by atoms with Crippen molar-refractivity contribution in [2.24, 2.45) is 0 Å². The van der Waals surface area contributed by atoms with Crippen molar-refractivity contribution in [3.05, 3.63) is 24.3 Å². The number of nitrogens with zero attached hydrogens (tertiary/aromatic N) is 2. The number of carbonyl (C=O) groups excluding carboxylic acids is 1. The zero-order chi connectivity index (χ0) is 18.6. The highest BCUT2D eigenvalue weighted by Crippen LogP contribution is 2.23. The summed E-state index contributed by atoms with van der Waals surface area (Å²) in [5.41, 5.74) is 0. The fourth-order valence-corrected chi connectivity index (χ4v) is 6.00. The van der Waals surface area contributed by atoms with Gasteiger partial charge in [0.2, 0.25) is 5.91 Å². The molecule has 1 amide bonds. The van der Waals surface area contributed by atoms with Crippen LogP contribution < -0.4 is 4.74 Å². The molecule has 0 N–H and O–H groups in total. The highest BCUT2D eigenvalue weighted by molar-refractivity contribution is 8.00. The van der Waals surface area contributed by atoms with Crippen LogP contribution in [-0.4, -0.2) is 80.2 Å². The first-order chi connectivity index (χ1) is 12.5. The first kappa shape index (κ1) is 19.5. The van der Waals surface area contributed by atoms with Crippen molar-refractivity contribution in [2.75, 3.05) is 50.0 Å². The fraction of sp³-hybridized carbons (Fsp3) is 0.611. The minimum Gasteiger partial charge on any atom is -0.494 e. The van der Waals surface area contributed by atoms with Crippen LogP contribution >= 0.6 is 11.8 Å². The van der Waals surface area contributed by atoms with E-state index in [1.54, 1.807) is 0 Å². The third kappa shape index (κ3) is 5.14. The van der Waals surface area contributed by atoms with Crippen LogP contribution in [0.2, 0.25) is 0 Å². The largest absolute Gasteiger partial charge is 0.494 e. The van der Waals surface area contributed by atoms with E-state index in [4.69, 9.17) is 4.74 Å². The molecule has 144 valence electrons. The van der Waals surface area contributed by atoms with Gasteiger partial charge in [0.1, 0.15) is 5.75 Å². The number of amides is 1. The van der Waals surface area contributed by atoms with Crippen LogP contribution in [0, 0.1) is 0 Å². The maximum absolute atomic E-state index is 12.4. The number of ether oxygens (including phenoxy) is 1. The molecule has 0 spiro atoms. The lowest BCUT2D eigenvalue weighted by molar-refractivity contribution is -0.130. The van der Waals surface area contributed by atoms with Crippen LogP contribution in [0.1, 0.15) is 13.3 Å². The molecule has 0 saturated carbocycles. The fourth-order valence-electron chi connectivity index (χ4n) is 3.43. The Morgan fingerprint density at radius 3 is 2.46 bits per heavy atom. The lowest BCUT2D eigenvalue weighted by Crippen LogP contribution is -2.52. The Balaban J connectivity index is 1.42. The first-order valence-corrected chi connectivity index (χ1v) is 11.9. The van der Waals surface area contributed by atoms with E-state index in [2.05, 4.69) is 4.90 Å². The molecule has 0 radical (unpaired) electrons. The van der Waals surface area contributed by atoms with E-state index in [-0.39, 0.29) is 17.7 Å². The Morgan fingerprint density at radius 1 is 1.19 bits per heavy atom. The lowest BCUT2D eigenvalue weighted by Gasteiger charge is -2.37. The molecule has 26 heavy (non-hydrogen) atoms. The second kappa shape index (κ2) is 8.63. The van der Waals surface area contributed by atoms with Gasteiger partial charge < -0.3 is 9.64 Å². The molecule has 3 rings (SSSR count). The third-order valence-corrected chi connectivity index (χ3v) is 7.64. The molecular weight excluding hydrogens is 372 g/mol. The monoisotopic (exact) mass is 398 g/mol. The van der Waals surface area contributed by atoms with Gasteiger partial charge in [-0.15, -0.1) is 11.8 Å².